The van der Waals surface area contributed by atoms with Gasteiger partial charge in [-0.1, -0.05) is 38.0 Å². The second kappa shape index (κ2) is 5.91. The van der Waals surface area contributed by atoms with Gasteiger partial charge in [0.15, 0.2) is 0 Å². The fraction of sp³-hybridized carbons (Fsp3) is 0.500. The number of ether oxygens (including phenoxy) is 1. The van der Waals surface area contributed by atoms with Crippen LogP contribution in [0.4, 0.5) is 13.2 Å². The van der Waals surface area contributed by atoms with Gasteiger partial charge in [0.05, 0.1) is 0 Å². The van der Waals surface area contributed by atoms with E-state index in [-0.39, 0.29) is 5.75 Å². The quantitative estimate of drug-likeness (QED) is 0.859. The average Bonchev–Trinajstić information content (AvgIpc) is 2.24. The number of nitrogens with two attached hydrogens (primary N) is 1. The Hall–Kier alpha value is -1.23. The maximum absolute atomic E-state index is 12.2. The molecule has 0 aliphatic rings. The summed E-state index contributed by atoms with van der Waals surface area (Å²) in [5.74, 6) is -0.205. The number of rotatable bonds is 5. The first-order valence-electron chi connectivity index (χ1n) is 5.54. The minimum absolute atomic E-state index is 0.205. The van der Waals surface area contributed by atoms with Crippen molar-refractivity contribution in [2.24, 2.45) is 5.73 Å². The van der Waals surface area contributed by atoms with E-state index in [4.69, 9.17) is 5.73 Å². The molecule has 2 N–H and O–H groups in total. The van der Waals surface area contributed by atoms with Gasteiger partial charge in [-0.3, -0.25) is 0 Å². The summed E-state index contributed by atoms with van der Waals surface area (Å²) >= 11 is 0. The van der Waals surface area contributed by atoms with Crippen LogP contribution in [0.3, 0.4) is 0 Å². The van der Waals surface area contributed by atoms with Gasteiger partial charge in [0.1, 0.15) is 5.75 Å². The Morgan fingerprint density at radius 2 is 1.94 bits per heavy atom. The van der Waals surface area contributed by atoms with E-state index in [0.29, 0.717) is 12.0 Å². The van der Waals surface area contributed by atoms with Gasteiger partial charge in [0, 0.05) is 11.6 Å². The molecule has 0 aliphatic carbocycles. The summed E-state index contributed by atoms with van der Waals surface area (Å²) in [6.07, 6.45) is -2.20. The first-order valence-corrected chi connectivity index (χ1v) is 5.54. The number of hydrogen-bond acceptors (Lipinski definition) is 2. The summed E-state index contributed by atoms with van der Waals surface area (Å²) in [5, 5.41) is 0. The smallest absolute Gasteiger partial charge is 0.405 e. The van der Waals surface area contributed by atoms with Crippen molar-refractivity contribution in [1.82, 2.24) is 0 Å². The van der Waals surface area contributed by atoms with Gasteiger partial charge >= 0.3 is 6.36 Å². The molecule has 2 nitrogen and oxygen atoms in total. The summed E-state index contributed by atoms with van der Waals surface area (Å²) in [5.41, 5.74) is 6.25. The molecule has 0 bridgehead atoms. The predicted molar refractivity (Wildman–Crippen MR) is 59.6 cm³/mol. The molecule has 1 rings (SSSR count). The summed E-state index contributed by atoms with van der Waals surface area (Å²) in [6.45, 7) is 2.00. The van der Waals surface area contributed by atoms with E-state index >= 15 is 0 Å². The van der Waals surface area contributed by atoms with Crippen LogP contribution >= 0.6 is 0 Å². The maximum Gasteiger partial charge on any atom is 0.573 e. The molecule has 0 unspecified atom stereocenters. The van der Waals surface area contributed by atoms with E-state index in [1.54, 1.807) is 12.1 Å². The molecule has 0 aromatic heterocycles. The minimum atomic E-state index is -4.68. The van der Waals surface area contributed by atoms with Crippen LogP contribution in [0.5, 0.6) is 5.75 Å². The van der Waals surface area contributed by atoms with Crippen molar-refractivity contribution >= 4 is 0 Å². The number of para-hydroxylation sites is 1. The van der Waals surface area contributed by atoms with Gasteiger partial charge in [-0.05, 0) is 12.5 Å². The van der Waals surface area contributed by atoms with E-state index in [9.17, 15) is 13.2 Å². The number of alkyl halides is 3. The van der Waals surface area contributed by atoms with E-state index in [1.807, 2.05) is 6.92 Å². The Balaban J connectivity index is 2.83. The second-order valence-electron chi connectivity index (χ2n) is 3.83. The van der Waals surface area contributed by atoms with Crippen molar-refractivity contribution in [2.75, 3.05) is 0 Å². The molecule has 17 heavy (non-hydrogen) atoms. The van der Waals surface area contributed by atoms with Crippen LogP contribution in [0.25, 0.3) is 0 Å². The summed E-state index contributed by atoms with van der Waals surface area (Å²) in [4.78, 5) is 0. The molecule has 0 fully saturated rings. The largest absolute Gasteiger partial charge is 0.573 e. The van der Waals surface area contributed by atoms with Crippen LogP contribution in [-0.2, 0) is 0 Å². The first kappa shape index (κ1) is 13.8. The van der Waals surface area contributed by atoms with Crippen LogP contribution < -0.4 is 10.5 Å². The lowest BCUT2D eigenvalue weighted by atomic mass is 10.0. The van der Waals surface area contributed by atoms with E-state index in [2.05, 4.69) is 4.74 Å². The topological polar surface area (TPSA) is 35.2 Å². The van der Waals surface area contributed by atoms with Gasteiger partial charge in [0.25, 0.3) is 0 Å². The zero-order valence-corrected chi connectivity index (χ0v) is 9.63. The summed E-state index contributed by atoms with van der Waals surface area (Å²) < 4.78 is 40.5. The highest BCUT2D eigenvalue weighted by atomic mass is 19.4. The molecule has 1 aromatic carbocycles. The summed E-state index contributed by atoms with van der Waals surface area (Å²) in [6, 6.07) is 5.59. The minimum Gasteiger partial charge on any atom is -0.405 e. The van der Waals surface area contributed by atoms with Crippen molar-refractivity contribution in [1.29, 1.82) is 0 Å². The molecule has 1 atom stereocenters. The first-order chi connectivity index (χ1) is 7.94. The van der Waals surface area contributed by atoms with Crippen molar-refractivity contribution in [2.45, 2.75) is 38.6 Å². The van der Waals surface area contributed by atoms with Gasteiger partial charge in [0.2, 0.25) is 0 Å². The molecule has 0 saturated carbocycles. The standard InChI is InChI=1S/C12H16F3NO/c1-2-3-7-10(16)9-6-4-5-8-11(9)17-12(13,14)15/h4-6,8,10H,2-3,7,16H2,1H3/t10-/m1/s1. The number of benzene rings is 1. The Kier molecular flexibility index (Phi) is 4.81. The highest BCUT2D eigenvalue weighted by Gasteiger charge is 2.32. The predicted octanol–water partition coefficient (Wildman–Crippen LogP) is 3.78. The van der Waals surface area contributed by atoms with Gasteiger partial charge < -0.3 is 10.5 Å². The number of unbranched alkanes of at least 4 members (excludes halogenated alkanes) is 1. The Labute approximate surface area is 98.6 Å². The third-order valence-corrected chi connectivity index (χ3v) is 2.41. The highest BCUT2D eigenvalue weighted by Crippen LogP contribution is 2.31. The number of hydrogen-bond donors (Lipinski definition) is 1. The molecule has 0 amide bonds. The molecule has 0 spiro atoms. The maximum atomic E-state index is 12.2. The molecular weight excluding hydrogens is 231 g/mol. The molecular formula is C12H16F3NO. The van der Waals surface area contributed by atoms with Crippen LogP contribution in [-0.4, -0.2) is 6.36 Å². The Morgan fingerprint density at radius 3 is 2.53 bits per heavy atom. The molecule has 0 saturated heterocycles. The van der Waals surface area contributed by atoms with Crippen LogP contribution in [0, 0.1) is 0 Å². The van der Waals surface area contributed by atoms with Crippen molar-refractivity contribution < 1.29 is 17.9 Å². The monoisotopic (exact) mass is 247 g/mol. The Morgan fingerprint density at radius 1 is 1.29 bits per heavy atom. The zero-order chi connectivity index (χ0) is 12.9. The normalized spacial score (nSPS) is 13.5. The van der Waals surface area contributed by atoms with Crippen LogP contribution in [0.15, 0.2) is 24.3 Å². The molecule has 0 aliphatic heterocycles. The second-order valence-corrected chi connectivity index (χ2v) is 3.83. The lowest BCUT2D eigenvalue weighted by molar-refractivity contribution is -0.275. The fourth-order valence-corrected chi connectivity index (χ4v) is 1.58. The molecule has 96 valence electrons. The average molecular weight is 247 g/mol. The van der Waals surface area contributed by atoms with E-state index < -0.39 is 12.4 Å². The zero-order valence-electron chi connectivity index (χ0n) is 9.63. The van der Waals surface area contributed by atoms with Gasteiger partial charge in [-0.2, -0.15) is 0 Å². The van der Waals surface area contributed by atoms with E-state index in [1.165, 1.54) is 12.1 Å². The lowest BCUT2D eigenvalue weighted by Crippen LogP contribution is -2.20. The lowest BCUT2D eigenvalue weighted by Gasteiger charge is -2.17. The SMILES string of the molecule is CCCC[C@@H](N)c1ccccc1OC(F)(F)F. The molecule has 1 aromatic rings. The number of halogens is 3. The Bertz CT molecular complexity index is 352. The van der Waals surface area contributed by atoms with Crippen molar-refractivity contribution in [3.8, 4) is 5.75 Å². The van der Waals surface area contributed by atoms with Crippen LogP contribution in [0.2, 0.25) is 0 Å². The third kappa shape index (κ3) is 4.65. The van der Waals surface area contributed by atoms with Gasteiger partial charge in [-0.15, -0.1) is 13.2 Å². The van der Waals surface area contributed by atoms with Gasteiger partial charge in [-0.25, -0.2) is 0 Å². The van der Waals surface area contributed by atoms with Crippen LogP contribution in [0.1, 0.15) is 37.8 Å². The summed E-state index contributed by atoms with van der Waals surface area (Å²) in [7, 11) is 0. The molecule has 0 heterocycles. The van der Waals surface area contributed by atoms with Crippen molar-refractivity contribution in [3.63, 3.8) is 0 Å². The molecule has 0 radical (unpaired) electrons. The highest BCUT2D eigenvalue weighted by molar-refractivity contribution is 5.35. The fourth-order valence-electron chi connectivity index (χ4n) is 1.58. The third-order valence-electron chi connectivity index (χ3n) is 2.41. The van der Waals surface area contributed by atoms with E-state index in [0.717, 1.165) is 12.8 Å². The van der Waals surface area contributed by atoms with Crippen molar-refractivity contribution in [3.05, 3.63) is 29.8 Å². The molecule has 5 heteroatoms.